The lowest BCUT2D eigenvalue weighted by Gasteiger charge is -2.26. The monoisotopic (exact) mass is 424 g/mol. The molecular weight excluding hydrogens is 404 g/mol. The zero-order chi connectivity index (χ0) is 21.5. The maximum atomic E-state index is 12.5. The number of benzene rings is 2. The summed E-state index contributed by atoms with van der Waals surface area (Å²) in [6.45, 7) is 2.19. The normalized spacial score (nSPS) is 13.5. The Balaban J connectivity index is 1.27. The third kappa shape index (κ3) is 5.54. The first-order chi connectivity index (χ1) is 15.2. The highest BCUT2D eigenvalue weighted by Crippen LogP contribution is 2.20. The van der Waals surface area contributed by atoms with E-state index in [1.165, 1.54) is 0 Å². The molecule has 0 spiro atoms. The lowest BCUT2D eigenvalue weighted by atomic mass is 10.2. The van der Waals surface area contributed by atoms with Crippen LogP contribution in [-0.4, -0.2) is 70.2 Å². The standard InChI is InChI=1S/C20H20N6O5/c27-18(26-9-11-29-12-10-26)13-30-16-5-1-14(2-6-16)19(28)21-15-3-7-17(8-4-15)31-20-22-24-25-23-20/h1-8H,9-13H2,(H,21,28)(H,22,23,24,25). The van der Waals surface area contributed by atoms with Crippen molar-refractivity contribution in [2.24, 2.45) is 0 Å². The fourth-order valence-electron chi connectivity index (χ4n) is 2.86. The van der Waals surface area contributed by atoms with E-state index >= 15 is 0 Å². The number of nitrogens with zero attached hydrogens (tertiary/aromatic N) is 4. The fourth-order valence-corrected chi connectivity index (χ4v) is 2.86. The van der Waals surface area contributed by atoms with Gasteiger partial charge in [0.2, 0.25) is 0 Å². The maximum absolute atomic E-state index is 12.5. The molecule has 1 aliphatic rings. The molecule has 31 heavy (non-hydrogen) atoms. The average molecular weight is 424 g/mol. The first-order valence-electron chi connectivity index (χ1n) is 9.58. The first-order valence-corrected chi connectivity index (χ1v) is 9.58. The van der Waals surface area contributed by atoms with E-state index in [1.807, 2.05) is 0 Å². The van der Waals surface area contributed by atoms with Crippen LogP contribution in [0.2, 0.25) is 0 Å². The summed E-state index contributed by atoms with van der Waals surface area (Å²) in [4.78, 5) is 26.3. The number of carbonyl (C=O) groups excluding carboxylic acids is 2. The second-order valence-electron chi connectivity index (χ2n) is 6.58. The molecule has 2 aromatic carbocycles. The highest BCUT2D eigenvalue weighted by Gasteiger charge is 2.17. The predicted molar refractivity (Wildman–Crippen MR) is 108 cm³/mol. The minimum atomic E-state index is -0.275. The zero-order valence-electron chi connectivity index (χ0n) is 16.5. The molecule has 0 radical (unpaired) electrons. The van der Waals surface area contributed by atoms with E-state index in [4.69, 9.17) is 14.2 Å². The molecule has 2 N–H and O–H groups in total. The Morgan fingerprint density at radius 1 is 1.03 bits per heavy atom. The summed E-state index contributed by atoms with van der Waals surface area (Å²) in [5.41, 5.74) is 1.06. The first kappa shape index (κ1) is 20.3. The van der Waals surface area contributed by atoms with E-state index in [1.54, 1.807) is 53.4 Å². The van der Waals surface area contributed by atoms with E-state index in [9.17, 15) is 9.59 Å². The predicted octanol–water partition coefficient (Wildman–Crippen LogP) is 1.48. The molecule has 0 aliphatic carbocycles. The number of anilines is 1. The summed E-state index contributed by atoms with van der Waals surface area (Å²) in [6, 6.07) is 13.4. The van der Waals surface area contributed by atoms with Crippen LogP contribution in [0.5, 0.6) is 17.5 Å². The number of tetrazole rings is 1. The Labute approximate surface area is 177 Å². The van der Waals surface area contributed by atoms with E-state index in [0.717, 1.165) is 0 Å². The van der Waals surface area contributed by atoms with Crippen LogP contribution in [0.3, 0.4) is 0 Å². The molecule has 1 aromatic heterocycles. The molecule has 1 fully saturated rings. The van der Waals surface area contributed by atoms with Gasteiger partial charge in [0.15, 0.2) is 6.61 Å². The number of hydrogen-bond donors (Lipinski definition) is 2. The molecule has 2 heterocycles. The number of rotatable bonds is 7. The number of H-pyrrole nitrogens is 1. The molecule has 4 rings (SSSR count). The van der Waals surface area contributed by atoms with Crippen LogP contribution in [0.15, 0.2) is 48.5 Å². The number of carbonyl (C=O) groups is 2. The van der Waals surface area contributed by atoms with Crippen molar-refractivity contribution < 1.29 is 23.8 Å². The number of aromatic amines is 1. The number of aromatic nitrogens is 4. The second kappa shape index (κ2) is 9.67. The molecule has 1 aliphatic heterocycles. The van der Waals surface area contributed by atoms with Gasteiger partial charge in [-0.25, -0.2) is 0 Å². The highest BCUT2D eigenvalue weighted by atomic mass is 16.5. The van der Waals surface area contributed by atoms with Crippen LogP contribution in [0, 0.1) is 0 Å². The lowest BCUT2D eigenvalue weighted by molar-refractivity contribution is -0.137. The van der Waals surface area contributed by atoms with Crippen molar-refractivity contribution in [2.75, 3.05) is 38.2 Å². The molecule has 160 valence electrons. The molecule has 1 saturated heterocycles. The smallest absolute Gasteiger partial charge is 0.361 e. The maximum Gasteiger partial charge on any atom is 0.361 e. The van der Waals surface area contributed by atoms with Gasteiger partial charge in [-0.1, -0.05) is 10.2 Å². The summed E-state index contributed by atoms with van der Waals surface area (Å²) in [5.74, 6) is 0.660. The summed E-state index contributed by atoms with van der Waals surface area (Å²) in [5, 5.41) is 15.9. The van der Waals surface area contributed by atoms with Crippen molar-refractivity contribution in [3.05, 3.63) is 54.1 Å². The van der Waals surface area contributed by atoms with Gasteiger partial charge in [0, 0.05) is 24.3 Å². The number of ether oxygens (including phenoxy) is 3. The molecular formula is C20H20N6O5. The Bertz CT molecular complexity index is 1000. The van der Waals surface area contributed by atoms with E-state index in [-0.39, 0.29) is 24.4 Å². The zero-order valence-corrected chi connectivity index (χ0v) is 16.5. The van der Waals surface area contributed by atoms with Crippen molar-refractivity contribution in [2.45, 2.75) is 0 Å². The molecule has 11 heteroatoms. The number of nitrogens with one attached hydrogen (secondary N) is 2. The van der Waals surface area contributed by atoms with Crippen LogP contribution in [-0.2, 0) is 9.53 Å². The summed E-state index contributed by atoms with van der Waals surface area (Å²) < 4.78 is 16.1. The number of amides is 2. The fraction of sp³-hybridized carbons (Fsp3) is 0.250. The third-order valence-electron chi connectivity index (χ3n) is 4.49. The molecule has 11 nitrogen and oxygen atoms in total. The molecule has 0 atom stereocenters. The molecule has 0 saturated carbocycles. The van der Waals surface area contributed by atoms with E-state index in [2.05, 4.69) is 25.9 Å². The van der Waals surface area contributed by atoms with E-state index in [0.29, 0.717) is 49.1 Å². The number of hydrogen-bond acceptors (Lipinski definition) is 8. The van der Waals surface area contributed by atoms with Crippen LogP contribution in [0.4, 0.5) is 5.69 Å². The minimum Gasteiger partial charge on any atom is -0.484 e. The summed E-state index contributed by atoms with van der Waals surface area (Å²) in [6.07, 6.45) is 0. The molecule has 0 bridgehead atoms. The molecule has 0 unspecified atom stereocenters. The van der Waals surface area contributed by atoms with Gasteiger partial charge >= 0.3 is 6.01 Å². The van der Waals surface area contributed by atoms with Crippen molar-refractivity contribution in [3.63, 3.8) is 0 Å². The Morgan fingerprint density at radius 2 is 1.74 bits per heavy atom. The van der Waals surface area contributed by atoms with Crippen molar-refractivity contribution in [1.82, 2.24) is 25.5 Å². The van der Waals surface area contributed by atoms with Crippen LogP contribution < -0.4 is 14.8 Å². The third-order valence-corrected chi connectivity index (χ3v) is 4.49. The van der Waals surface area contributed by atoms with Gasteiger partial charge in [0.1, 0.15) is 11.5 Å². The largest absolute Gasteiger partial charge is 0.484 e. The average Bonchev–Trinajstić information content (AvgIpc) is 3.33. The van der Waals surface area contributed by atoms with Crippen molar-refractivity contribution in [3.8, 4) is 17.5 Å². The Kier molecular flexibility index (Phi) is 6.33. The SMILES string of the molecule is O=C(Nc1ccc(Oc2nn[nH]n2)cc1)c1ccc(OCC(=O)N2CCOCC2)cc1. The van der Waals surface area contributed by atoms with Crippen LogP contribution >= 0.6 is 0 Å². The van der Waals surface area contributed by atoms with Gasteiger partial charge in [-0.2, -0.15) is 5.21 Å². The molecule has 3 aromatic rings. The van der Waals surface area contributed by atoms with Crippen LogP contribution in [0.25, 0.3) is 0 Å². The lowest BCUT2D eigenvalue weighted by Crippen LogP contribution is -2.42. The molecule has 2 amide bonds. The minimum absolute atomic E-state index is 0.0518. The van der Waals surface area contributed by atoms with Gasteiger partial charge < -0.3 is 24.4 Å². The number of morpholine rings is 1. The second-order valence-corrected chi connectivity index (χ2v) is 6.58. The quantitative estimate of drug-likeness (QED) is 0.583. The van der Waals surface area contributed by atoms with Gasteiger partial charge in [-0.05, 0) is 53.7 Å². The van der Waals surface area contributed by atoms with Gasteiger partial charge in [0.05, 0.1) is 13.2 Å². The van der Waals surface area contributed by atoms with Gasteiger partial charge in [0.25, 0.3) is 11.8 Å². The highest BCUT2D eigenvalue weighted by molar-refractivity contribution is 6.04. The summed E-state index contributed by atoms with van der Waals surface area (Å²) in [7, 11) is 0. The topological polar surface area (TPSA) is 132 Å². The Hall–Kier alpha value is -3.99. The van der Waals surface area contributed by atoms with Crippen LogP contribution in [0.1, 0.15) is 10.4 Å². The van der Waals surface area contributed by atoms with Gasteiger partial charge in [-0.3, -0.25) is 9.59 Å². The van der Waals surface area contributed by atoms with E-state index < -0.39 is 0 Å². The van der Waals surface area contributed by atoms with Crippen molar-refractivity contribution in [1.29, 1.82) is 0 Å². The Morgan fingerprint density at radius 3 is 2.42 bits per heavy atom. The van der Waals surface area contributed by atoms with Gasteiger partial charge in [-0.15, -0.1) is 0 Å². The van der Waals surface area contributed by atoms with Crippen molar-refractivity contribution >= 4 is 17.5 Å². The summed E-state index contributed by atoms with van der Waals surface area (Å²) >= 11 is 0.